The first-order valence-electron chi connectivity index (χ1n) is 14.2. The molecule has 0 heterocycles. The van der Waals surface area contributed by atoms with Gasteiger partial charge in [-0.25, -0.2) is 0 Å². The molecule has 3 N–H and O–H groups in total. The normalized spacial score (nSPS) is 13.9. The molecule has 1 amide bonds. The molecular weight excluding hydrogens is 422 g/mol. The summed E-state index contributed by atoms with van der Waals surface area (Å²) in [6.07, 6.45) is 32.3. The van der Waals surface area contributed by atoms with Crippen LogP contribution in [0.25, 0.3) is 0 Å². The van der Waals surface area contributed by atoms with E-state index < -0.39 is 12.1 Å². The second-order valence-electron chi connectivity index (χ2n) is 9.45. The van der Waals surface area contributed by atoms with Crippen molar-refractivity contribution in [2.24, 2.45) is 0 Å². The van der Waals surface area contributed by atoms with Crippen molar-refractivity contribution in [2.45, 2.75) is 142 Å². The third-order valence-electron chi connectivity index (χ3n) is 6.10. The van der Waals surface area contributed by atoms with E-state index in [2.05, 4.69) is 43.5 Å². The first-order valence-corrected chi connectivity index (χ1v) is 14.2. The largest absolute Gasteiger partial charge is 0.394 e. The summed E-state index contributed by atoms with van der Waals surface area (Å²) in [4.78, 5) is 12.1. The van der Waals surface area contributed by atoms with Gasteiger partial charge in [0.15, 0.2) is 0 Å². The van der Waals surface area contributed by atoms with Gasteiger partial charge in [-0.3, -0.25) is 4.79 Å². The zero-order valence-corrected chi connectivity index (χ0v) is 22.4. The van der Waals surface area contributed by atoms with E-state index in [4.69, 9.17) is 0 Å². The molecule has 198 valence electrons. The minimum Gasteiger partial charge on any atom is -0.394 e. The Bertz CT molecular complexity index is 527. The van der Waals surface area contributed by atoms with Gasteiger partial charge in [0, 0.05) is 6.42 Å². The maximum Gasteiger partial charge on any atom is 0.220 e. The molecule has 0 aliphatic carbocycles. The molecule has 0 rings (SSSR count). The quantitative estimate of drug-likeness (QED) is 0.0992. The van der Waals surface area contributed by atoms with Crippen molar-refractivity contribution in [2.75, 3.05) is 6.61 Å². The lowest BCUT2D eigenvalue weighted by atomic mass is 10.1. The molecule has 0 spiro atoms. The van der Waals surface area contributed by atoms with Crippen LogP contribution in [0.2, 0.25) is 0 Å². The van der Waals surface area contributed by atoms with Crippen LogP contribution in [0.5, 0.6) is 0 Å². The van der Waals surface area contributed by atoms with Crippen LogP contribution < -0.4 is 5.32 Å². The molecule has 0 bridgehead atoms. The standard InChI is InChI=1S/C30H55NO3/c1-3-5-7-9-11-12-13-14-15-16-17-18-19-20-21-23-25-29(33)28(27-32)31-30(34)26-24-22-10-8-6-4-2/h14-15,18-19,23,25,28-29,32-33H,3-13,16-17,20-22,24,26-27H2,1-2H3,(H,31,34)/b15-14+,19-18+,25-23+. The number of rotatable bonds is 24. The van der Waals surface area contributed by atoms with E-state index in [9.17, 15) is 15.0 Å². The van der Waals surface area contributed by atoms with Crippen LogP contribution in [0.1, 0.15) is 129 Å². The molecule has 4 heteroatoms. The fourth-order valence-corrected chi connectivity index (χ4v) is 3.85. The van der Waals surface area contributed by atoms with Crippen molar-refractivity contribution in [1.82, 2.24) is 5.32 Å². The van der Waals surface area contributed by atoms with E-state index in [0.717, 1.165) is 38.5 Å². The van der Waals surface area contributed by atoms with E-state index in [1.807, 2.05) is 6.08 Å². The highest BCUT2D eigenvalue weighted by atomic mass is 16.3. The number of allylic oxidation sites excluding steroid dienone is 5. The summed E-state index contributed by atoms with van der Waals surface area (Å²) >= 11 is 0. The molecule has 4 nitrogen and oxygen atoms in total. The van der Waals surface area contributed by atoms with E-state index >= 15 is 0 Å². The summed E-state index contributed by atoms with van der Waals surface area (Å²) in [6.45, 7) is 4.18. The Kier molecular flexibility index (Phi) is 25.1. The van der Waals surface area contributed by atoms with Gasteiger partial charge in [0.25, 0.3) is 0 Å². The zero-order valence-electron chi connectivity index (χ0n) is 22.4. The summed E-state index contributed by atoms with van der Waals surface area (Å²) in [5, 5.41) is 22.5. The molecule has 0 aliphatic rings. The van der Waals surface area contributed by atoms with Crippen molar-refractivity contribution in [3.05, 3.63) is 36.5 Å². The van der Waals surface area contributed by atoms with Crippen molar-refractivity contribution in [3.8, 4) is 0 Å². The Morgan fingerprint density at radius 3 is 1.71 bits per heavy atom. The van der Waals surface area contributed by atoms with E-state index in [1.54, 1.807) is 6.08 Å². The molecule has 0 aromatic heterocycles. The lowest BCUT2D eigenvalue weighted by Crippen LogP contribution is -2.45. The van der Waals surface area contributed by atoms with Crippen LogP contribution >= 0.6 is 0 Å². The SMILES string of the molecule is CCCCCCCC/C=C/CC/C=C/CC/C=C/C(O)C(CO)NC(=O)CCCCCCCC. The average Bonchev–Trinajstić information content (AvgIpc) is 2.84. The number of nitrogens with one attached hydrogen (secondary N) is 1. The van der Waals surface area contributed by atoms with Crippen molar-refractivity contribution >= 4 is 5.91 Å². The maximum absolute atomic E-state index is 12.1. The van der Waals surface area contributed by atoms with Crippen LogP contribution in [-0.2, 0) is 4.79 Å². The minimum atomic E-state index is -0.862. The van der Waals surface area contributed by atoms with Gasteiger partial charge in [-0.15, -0.1) is 0 Å². The lowest BCUT2D eigenvalue weighted by molar-refractivity contribution is -0.123. The summed E-state index contributed by atoms with van der Waals surface area (Å²) in [7, 11) is 0. The van der Waals surface area contributed by atoms with Crippen LogP contribution in [0.4, 0.5) is 0 Å². The van der Waals surface area contributed by atoms with Crippen LogP contribution in [0.15, 0.2) is 36.5 Å². The lowest BCUT2D eigenvalue weighted by Gasteiger charge is -2.19. The van der Waals surface area contributed by atoms with Gasteiger partial charge in [0.2, 0.25) is 5.91 Å². The third kappa shape index (κ3) is 22.4. The zero-order chi connectivity index (χ0) is 25.1. The van der Waals surface area contributed by atoms with Gasteiger partial charge in [0.1, 0.15) is 0 Å². The van der Waals surface area contributed by atoms with Gasteiger partial charge in [-0.05, 0) is 44.9 Å². The predicted molar refractivity (Wildman–Crippen MR) is 147 cm³/mol. The third-order valence-corrected chi connectivity index (χ3v) is 6.10. The number of carbonyl (C=O) groups excluding carboxylic acids is 1. The molecule has 2 unspecified atom stereocenters. The second kappa shape index (κ2) is 26.2. The Morgan fingerprint density at radius 1 is 0.676 bits per heavy atom. The number of hydrogen-bond acceptors (Lipinski definition) is 3. The van der Waals surface area contributed by atoms with E-state index in [-0.39, 0.29) is 12.5 Å². The number of hydrogen-bond donors (Lipinski definition) is 3. The van der Waals surface area contributed by atoms with Gasteiger partial charge < -0.3 is 15.5 Å². The highest BCUT2D eigenvalue weighted by molar-refractivity contribution is 5.76. The highest BCUT2D eigenvalue weighted by Gasteiger charge is 2.17. The molecule has 34 heavy (non-hydrogen) atoms. The molecule has 0 aromatic carbocycles. The molecular formula is C30H55NO3. The number of unbranched alkanes of at least 4 members (excludes halogenated alkanes) is 13. The van der Waals surface area contributed by atoms with Crippen molar-refractivity contribution in [3.63, 3.8) is 0 Å². The van der Waals surface area contributed by atoms with Crippen LogP contribution in [0.3, 0.4) is 0 Å². The predicted octanol–water partition coefficient (Wildman–Crippen LogP) is 7.55. The Hall–Kier alpha value is -1.39. The van der Waals surface area contributed by atoms with Crippen molar-refractivity contribution < 1.29 is 15.0 Å². The van der Waals surface area contributed by atoms with Crippen LogP contribution in [0, 0.1) is 0 Å². The average molecular weight is 478 g/mol. The van der Waals surface area contributed by atoms with Gasteiger partial charge >= 0.3 is 0 Å². The fourth-order valence-electron chi connectivity index (χ4n) is 3.85. The molecule has 0 radical (unpaired) electrons. The molecule has 0 saturated heterocycles. The summed E-state index contributed by atoms with van der Waals surface area (Å²) in [5.41, 5.74) is 0. The Morgan fingerprint density at radius 2 is 1.15 bits per heavy atom. The summed E-state index contributed by atoms with van der Waals surface area (Å²) in [6, 6.07) is -0.637. The Balaban J connectivity index is 3.79. The monoisotopic (exact) mass is 477 g/mol. The molecule has 2 atom stereocenters. The number of carbonyl (C=O) groups is 1. The molecule has 0 fully saturated rings. The fraction of sp³-hybridized carbons (Fsp3) is 0.767. The van der Waals surface area contributed by atoms with Crippen molar-refractivity contribution in [1.29, 1.82) is 0 Å². The smallest absolute Gasteiger partial charge is 0.220 e. The second-order valence-corrected chi connectivity index (χ2v) is 9.45. The molecule has 0 aliphatic heterocycles. The number of aliphatic hydroxyl groups excluding tert-OH is 2. The number of amides is 1. The van der Waals surface area contributed by atoms with Gasteiger partial charge in [-0.1, -0.05) is 115 Å². The minimum absolute atomic E-state index is 0.0917. The molecule has 0 saturated carbocycles. The highest BCUT2D eigenvalue weighted by Crippen LogP contribution is 2.09. The van der Waals surface area contributed by atoms with Gasteiger partial charge in [-0.2, -0.15) is 0 Å². The van der Waals surface area contributed by atoms with Crippen LogP contribution in [-0.4, -0.2) is 34.9 Å². The van der Waals surface area contributed by atoms with E-state index in [1.165, 1.54) is 70.6 Å². The van der Waals surface area contributed by atoms with E-state index in [0.29, 0.717) is 6.42 Å². The summed E-state index contributed by atoms with van der Waals surface area (Å²) < 4.78 is 0. The maximum atomic E-state index is 12.1. The first kappa shape index (κ1) is 32.6. The van der Waals surface area contributed by atoms with Gasteiger partial charge in [0.05, 0.1) is 18.8 Å². The first-order chi connectivity index (χ1) is 16.7. The number of aliphatic hydroxyl groups is 2. The Labute approximate surface area is 211 Å². The summed E-state index contributed by atoms with van der Waals surface area (Å²) in [5.74, 6) is -0.0917. The topological polar surface area (TPSA) is 69.6 Å². The molecule has 0 aromatic rings.